The normalized spacial score (nSPS) is 12.3. The van der Waals surface area contributed by atoms with Crippen molar-refractivity contribution < 1.29 is 0 Å². The van der Waals surface area contributed by atoms with Gasteiger partial charge in [0.15, 0.2) is 0 Å². The van der Waals surface area contributed by atoms with Crippen molar-refractivity contribution in [1.29, 1.82) is 0 Å². The third-order valence-electron chi connectivity index (χ3n) is 3.06. The van der Waals surface area contributed by atoms with Gasteiger partial charge in [0.1, 0.15) is 0 Å². The molecule has 0 heterocycles. The standard InChI is InChI=1S/C15H13Cl4N/c1-8-5-14(19)15(7-12(8)17)20-9(2)10-3-4-11(16)13(18)6-10/h3-7,9,20H,1-2H3. The summed E-state index contributed by atoms with van der Waals surface area (Å²) < 4.78 is 0. The van der Waals surface area contributed by atoms with E-state index in [1.165, 1.54) is 0 Å². The first-order valence-corrected chi connectivity index (χ1v) is 7.57. The smallest absolute Gasteiger partial charge is 0.0641 e. The lowest BCUT2D eigenvalue weighted by molar-refractivity contribution is 0.885. The molecule has 0 aliphatic rings. The van der Waals surface area contributed by atoms with Gasteiger partial charge in [0.2, 0.25) is 0 Å². The molecule has 2 aromatic rings. The fourth-order valence-corrected chi connectivity index (χ4v) is 2.60. The summed E-state index contributed by atoms with van der Waals surface area (Å²) in [5.41, 5.74) is 2.76. The minimum Gasteiger partial charge on any atom is -0.377 e. The van der Waals surface area contributed by atoms with E-state index in [9.17, 15) is 0 Å². The number of benzene rings is 2. The number of hydrogen-bond donors (Lipinski definition) is 1. The average molecular weight is 349 g/mol. The summed E-state index contributed by atoms with van der Waals surface area (Å²) in [5.74, 6) is 0. The number of halogens is 4. The zero-order chi connectivity index (χ0) is 14.9. The molecule has 1 unspecified atom stereocenters. The maximum Gasteiger partial charge on any atom is 0.0641 e. The third kappa shape index (κ3) is 3.53. The van der Waals surface area contributed by atoms with Crippen LogP contribution in [-0.4, -0.2) is 0 Å². The minimum absolute atomic E-state index is 0.0287. The molecule has 5 heteroatoms. The van der Waals surface area contributed by atoms with Gasteiger partial charge in [-0.05, 0) is 49.2 Å². The van der Waals surface area contributed by atoms with Crippen LogP contribution in [0.1, 0.15) is 24.1 Å². The molecule has 2 aromatic carbocycles. The molecule has 0 radical (unpaired) electrons. The second-order valence-corrected chi connectivity index (χ2v) is 6.25. The van der Waals surface area contributed by atoms with Crippen LogP contribution >= 0.6 is 46.4 Å². The van der Waals surface area contributed by atoms with Gasteiger partial charge in [0, 0.05) is 11.1 Å². The Bertz CT molecular complexity index is 640. The van der Waals surface area contributed by atoms with Crippen LogP contribution in [0.15, 0.2) is 30.3 Å². The fraction of sp³-hybridized carbons (Fsp3) is 0.200. The minimum atomic E-state index is 0.0287. The highest BCUT2D eigenvalue weighted by Crippen LogP contribution is 2.32. The first kappa shape index (κ1) is 15.8. The summed E-state index contributed by atoms with van der Waals surface area (Å²) in [6, 6.07) is 9.24. The Balaban J connectivity index is 2.25. The second-order valence-electron chi connectivity index (χ2n) is 4.62. The van der Waals surface area contributed by atoms with Crippen molar-refractivity contribution in [2.24, 2.45) is 0 Å². The van der Waals surface area contributed by atoms with Crippen LogP contribution in [0.2, 0.25) is 20.1 Å². The third-order valence-corrected chi connectivity index (χ3v) is 4.52. The highest BCUT2D eigenvalue weighted by molar-refractivity contribution is 6.42. The lowest BCUT2D eigenvalue weighted by Gasteiger charge is -2.18. The lowest BCUT2D eigenvalue weighted by atomic mass is 10.1. The maximum absolute atomic E-state index is 6.22. The summed E-state index contributed by atoms with van der Waals surface area (Å²) >= 11 is 24.3. The number of anilines is 1. The Morgan fingerprint density at radius 1 is 0.850 bits per heavy atom. The Labute approximate surface area is 138 Å². The second kappa shape index (κ2) is 6.44. The van der Waals surface area contributed by atoms with E-state index in [0.717, 1.165) is 16.8 Å². The van der Waals surface area contributed by atoms with E-state index < -0.39 is 0 Å². The van der Waals surface area contributed by atoms with Crippen LogP contribution in [0, 0.1) is 6.92 Å². The molecule has 0 fully saturated rings. The molecule has 0 bridgehead atoms. The Kier molecular flexibility index (Phi) is 5.09. The molecule has 20 heavy (non-hydrogen) atoms. The van der Waals surface area contributed by atoms with E-state index >= 15 is 0 Å². The van der Waals surface area contributed by atoms with E-state index in [0.29, 0.717) is 20.1 Å². The topological polar surface area (TPSA) is 12.0 Å². The van der Waals surface area contributed by atoms with Gasteiger partial charge in [0.25, 0.3) is 0 Å². The monoisotopic (exact) mass is 347 g/mol. The molecule has 0 aliphatic carbocycles. The van der Waals surface area contributed by atoms with Crippen molar-refractivity contribution >= 4 is 52.1 Å². The average Bonchev–Trinajstić information content (AvgIpc) is 2.39. The Hall–Kier alpha value is -0.600. The predicted octanol–water partition coefficient (Wildman–Crippen LogP) is 6.78. The molecule has 1 nitrogen and oxygen atoms in total. The molecule has 0 saturated carbocycles. The van der Waals surface area contributed by atoms with Crippen molar-refractivity contribution in [3.05, 3.63) is 61.5 Å². The van der Waals surface area contributed by atoms with Gasteiger partial charge in [-0.1, -0.05) is 52.5 Å². The predicted molar refractivity (Wildman–Crippen MR) is 89.7 cm³/mol. The largest absolute Gasteiger partial charge is 0.377 e. The summed E-state index contributed by atoms with van der Waals surface area (Å²) in [7, 11) is 0. The molecule has 106 valence electrons. The quantitative estimate of drug-likeness (QED) is 0.644. The maximum atomic E-state index is 6.22. The van der Waals surface area contributed by atoms with Crippen LogP contribution in [0.4, 0.5) is 5.69 Å². The molecule has 2 rings (SSSR count). The van der Waals surface area contributed by atoms with Crippen LogP contribution in [-0.2, 0) is 0 Å². The van der Waals surface area contributed by atoms with Gasteiger partial charge in [-0.2, -0.15) is 0 Å². The lowest BCUT2D eigenvalue weighted by Crippen LogP contribution is -2.07. The molecule has 0 amide bonds. The van der Waals surface area contributed by atoms with Crippen LogP contribution in [0.3, 0.4) is 0 Å². The van der Waals surface area contributed by atoms with E-state index in [-0.39, 0.29) is 6.04 Å². The van der Waals surface area contributed by atoms with Gasteiger partial charge in [-0.15, -0.1) is 0 Å². The molecule has 1 N–H and O–H groups in total. The van der Waals surface area contributed by atoms with Crippen molar-refractivity contribution in [2.75, 3.05) is 5.32 Å². The van der Waals surface area contributed by atoms with Crippen molar-refractivity contribution in [1.82, 2.24) is 0 Å². The first-order chi connectivity index (χ1) is 9.38. The van der Waals surface area contributed by atoms with Gasteiger partial charge < -0.3 is 5.32 Å². The number of nitrogens with one attached hydrogen (secondary N) is 1. The van der Waals surface area contributed by atoms with E-state index in [4.69, 9.17) is 46.4 Å². The SMILES string of the molecule is Cc1cc(Cl)c(NC(C)c2ccc(Cl)c(Cl)c2)cc1Cl. The zero-order valence-corrected chi connectivity index (χ0v) is 14.0. The zero-order valence-electron chi connectivity index (χ0n) is 11.0. The molecule has 0 spiro atoms. The summed E-state index contributed by atoms with van der Waals surface area (Å²) in [6.45, 7) is 3.93. The number of aryl methyl sites for hydroxylation is 1. The van der Waals surface area contributed by atoms with E-state index in [1.54, 1.807) is 6.07 Å². The molecule has 0 aromatic heterocycles. The summed E-state index contributed by atoms with van der Waals surface area (Å²) in [5, 5.41) is 5.71. The van der Waals surface area contributed by atoms with E-state index in [1.807, 2.05) is 38.1 Å². The van der Waals surface area contributed by atoms with Gasteiger partial charge in [0.05, 0.1) is 20.8 Å². The van der Waals surface area contributed by atoms with Crippen LogP contribution < -0.4 is 5.32 Å². The van der Waals surface area contributed by atoms with Crippen molar-refractivity contribution in [3.63, 3.8) is 0 Å². The molecular formula is C15H13Cl4N. The highest BCUT2D eigenvalue weighted by atomic mass is 35.5. The van der Waals surface area contributed by atoms with Crippen molar-refractivity contribution in [2.45, 2.75) is 19.9 Å². The van der Waals surface area contributed by atoms with Crippen LogP contribution in [0.25, 0.3) is 0 Å². The number of rotatable bonds is 3. The Morgan fingerprint density at radius 2 is 1.55 bits per heavy atom. The van der Waals surface area contributed by atoms with Gasteiger partial charge in [-0.3, -0.25) is 0 Å². The highest BCUT2D eigenvalue weighted by Gasteiger charge is 2.11. The first-order valence-electron chi connectivity index (χ1n) is 6.05. The Morgan fingerprint density at radius 3 is 2.20 bits per heavy atom. The summed E-state index contributed by atoms with van der Waals surface area (Å²) in [6.07, 6.45) is 0. The molecule has 1 atom stereocenters. The number of hydrogen-bond acceptors (Lipinski definition) is 1. The summed E-state index contributed by atoms with van der Waals surface area (Å²) in [4.78, 5) is 0. The van der Waals surface area contributed by atoms with Crippen LogP contribution in [0.5, 0.6) is 0 Å². The van der Waals surface area contributed by atoms with Gasteiger partial charge in [-0.25, -0.2) is 0 Å². The molecule has 0 saturated heterocycles. The fourth-order valence-electron chi connectivity index (χ4n) is 1.86. The van der Waals surface area contributed by atoms with Gasteiger partial charge >= 0.3 is 0 Å². The molecular weight excluding hydrogens is 336 g/mol. The van der Waals surface area contributed by atoms with E-state index in [2.05, 4.69) is 5.32 Å². The molecule has 0 aliphatic heterocycles. The van der Waals surface area contributed by atoms with Crippen molar-refractivity contribution in [3.8, 4) is 0 Å².